The standard InChI is InChI=1S/C28H34N8O/c1-19-25(20(2)35(31-19)27-12-11-26-30-29-21(3)36(26)32-27)10-13-28(37)34-16-14-33(15-17-34)18-22-4-6-23(7-5-22)24-8-9-24/h4-7,11-12,24H,8-10,13-18H2,1-3H3. The fraction of sp³-hybridized carbons (Fsp3) is 0.464. The smallest absolute Gasteiger partial charge is 0.222 e. The predicted octanol–water partition coefficient (Wildman–Crippen LogP) is 3.39. The number of hydrogen-bond donors (Lipinski definition) is 0. The molecule has 0 radical (unpaired) electrons. The van der Waals surface area contributed by atoms with Gasteiger partial charge in [-0.05, 0) is 74.8 Å². The van der Waals surface area contributed by atoms with Gasteiger partial charge in [0.2, 0.25) is 5.91 Å². The van der Waals surface area contributed by atoms with Crippen molar-refractivity contribution in [1.82, 2.24) is 39.4 Å². The minimum Gasteiger partial charge on any atom is -0.340 e. The highest BCUT2D eigenvalue weighted by atomic mass is 16.2. The van der Waals surface area contributed by atoms with Crippen LogP contribution in [0.4, 0.5) is 0 Å². The number of aromatic nitrogens is 6. The van der Waals surface area contributed by atoms with Crippen molar-refractivity contribution in [2.24, 2.45) is 0 Å². The molecule has 0 unspecified atom stereocenters. The van der Waals surface area contributed by atoms with Crippen molar-refractivity contribution >= 4 is 11.6 Å². The molecule has 2 fully saturated rings. The first-order valence-corrected chi connectivity index (χ1v) is 13.3. The van der Waals surface area contributed by atoms with Crippen LogP contribution < -0.4 is 0 Å². The highest BCUT2D eigenvalue weighted by molar-refractivity contribution is 5.76. The normalized spacial score (nSPS) is 16.6. The summed E-state index contributed by atoms with van der Waals surface area (Å²) in [4.78, 5) is 17.5. The maximum Gasteiger partial charge on any atom is 0.222 e. The van der Waals surface area contributed by atoms with E-state index in [9.17, 15) is 4.79 Å². The molecule has 2 aliphatic rings. The Kier molecular flexibility index (Phi) is 6.24. The molecule has 1 saturated heterocycles. The van der Waals surface area contributed by atoms with E-state index in [0.717, 1.165) is 61.4 Å². The Morgan fingerprint density at radius 2 is 1.68 bits per heavy atom. The third-order valence-corrected chi connectivity index (χ3v) is 7.81. The van der Waals surface area contributed by atoms with Crippen LogP contribution in [0.1, 0.15) is 59.1 Å². The van der Waals surface area contributed by atoms with Gasteiger partial charge >= 0.3 is 0 Å². The van der Waals surface area contributed by atoms with Crippen LogP contribution in [-0.4, -0.2) is 71.5 Å². The van der Waals surface area contributed by atoms with Crippen molar-refractivity contribution in [3.8, 4) is 5.82 Å². The molecule has 37 heavy (non-hydrogen) atoms. The van der Waals surface area contributed by atoms with Gasteiger partial charge in [0, 0.05) is 44.8 Å². The van der Waals surface area contributed by atoms with Gasteiger partial charge in [-0.15, -0.1) is 15.3 Å². The molecule has 1 aliphatic carbocycles. The molecule has 0 spiro atoms. The number of benzene rings is 1. The number of nitrogens with zero attached hydrogens (tertiary/aromatic N) is 8. The summed E-state index contributed by atoms with van der Waals surface area (Å²) < 4.78 is 3.57. The molecule has 1 aromatic carbocycles. The average molecular weight is 499 g/mol. The number of amides is 1. The van der Waals surface area contributed by atoms with Crippen molar-refractivity contribution in [3.05, 3.63) is 70.3 Å². The highest BCUT2D eigenvalue weighted by Gasteiger charge is 2.24. The Balaban J connectivity index is 1.04. The number of fused-ring (bicyclic) bond motifs is 1. The molecule has 4 heterocycles. The third-order valence-electron chi connectivity index (χ3n) is 7.81. The Labute approximate surface area is 217 Å². The molecule has 1 aliphatic heterocycles. The summed E-state index contributed by atoms with van der Waals surface area (Å²) in [6.45, 7) is 10.3. The first kappa shape index (κ1) is 23.8. The van der Waals surface area contributed by atoms with Crippen molar-refractivity contribution < 1.29 is 4.79 Å². The zero-order chi connectivity index (χ0) is 25.5. The van der Waals surface area contributed by atoms with Crippen LogP contribution in [0.25, 0.3) is 11.5 Å². The molecular weight excluding hydrogens is 464 g/mol. The lowest BCUT2D eigenvalue weighted by Crippen LogP contribution is -2.48. The van der Waals surface area contributed by atoms with Crippen molar-refractivity contribution in [1.29, 1.82) is 0 Å². The van der Waals surface area contributed by atoms with Crippen LogP contribution in [-0.2, 0) is 17.8 Å². The average Bonchev–Trinajstić information content (AvgIpc) is 3.64. The van der Waals surface area contributed by atoms with E-state index < -0.39 is 0 Å². The van der Waals surface area contributed by atoms with E-state index in [2.05, 4.69) is 44.5 Å². The Hall–Kier alpha value is -3.59. The second kappa shape index (κ2) is 9.70. The highest BCUT2D eigenvalue weighted by Crippen LogP contribution is 2.39. The summed E-state index contributed by atoms with van der Waals surface area (Å²) in [6, 6.07) is 12.9. The summed E-state index contributed by atoms with van der Waals surface area (Å²) in [7, 11) is 0. The zero-order valence-electron chi connectivity index (χ0n) is 21.9. The largest absolute Gasteiger partial charge is 0.340 e. The zero-order valence-corrected chi connectivity index (χ0v) is 21.9. The van der Waals surface area contributed by atoms with Gasteiger partial charge in [-0.2, -0.15) is 9.61 Å². The molecule has 0 atom stereocenters. The SMILES string of the molecule is Cc1nn(-c2ccc3nnc(C)n3n2)c(C)c1CCC(=O)N1CCN(Cc2ccc(C3CC3)cc2)CC1. The summed E-state index contributed by atoms with van der Waals surface area (Å²) in [5, 5.41) is 17.6. The van der Waals surface area contributed by atoms with E-state index in [1.54, 1.807) is 4.52 Å². The summed E-state index contributed by atoms with van der Waals surface area (Å²) in [6.07, 6.45) is 3.85. The summed E-state index contributed by atoms with van der Waals surface area (Å²) in [5.41, 5.74) is 6.62. The molecule has 6 rings (SSSR count). The maximum atomic E-state index is 13.0. The van der Waals surface area contributed by atoms with E-state index in [1.807, 2.05) is 42.5 Å². The van der Waals surface area contributed by atoms with Crippen LogP contribution in [0.15, 0.2) is 36.4 Å². The van der Waals surface area contributed by atoms with Gasteiger partial charge in [-0.3, -0.25) is 9.69 Å². The number of hydrogen-bond acceptors (Lipinski definition) is 6. The van der Waals surface area contributed by atoms with Crippen LogP contribution in [0.3, 0.4) is 0 Å². The first-order chi connectivity index (χ1) is 18.0. The van der Waals surface area contributed by atoms with Gasteiger partial charge in [0.15, 0.2) is 17.3 Å². The number of piperazine rings is 1. The summed E-state index contributed by atoms with van der Waals surface area (Å²) in [5.74, 6) is 2.47. The second-order valence-electron chi connectivity index (χ2n) is 10.4. The monoisotopic (exact) mass is 498 g/mol. The van der Waals surface area contributed by atoms with Gasteiger partial charge in [-0.1, -0.05) is 24.3 Å². The minimum atomic E-state index is 0.222. The van der Waals surface area contributed by atoms with Gasteiger partial charge in [-0.25, -0.2) is 4.68 Å². The Morgan fingerprint density at radius 1 is 0.919 bits per heavy atom. The van der Waals surface area contributed by atoms with Gasteiger partial charge in [0.05, 0.1) is 5.69 Å². The molecule has 1 saturated carbocycles. The molecule has 0 N–H and O–H groups in total. The first-order valence-electron chi connectivity index (χ1n) is 13.3. The van der Waals surface area contributed by atoms with Crippen molar-refractivity contribution in [2.75, 3.05) is 26.2 Å². The molecule has 9 nitrogen and oxygen atoms in total. The fourth-order valence-corrected chi connectivity index (χ4v) is 5.37. The lowest BCUT2D eigenvalue weighted by atomic mass is 10.1. The van der Waals surface area contributed by atoms with Crippen molar-refractivity contribution in [3.63, 3.8) is 0 Å². The van der Waals surface area contributed by atoms with Crippen molar-refractivity contribution in [2.45, 2.75) is 58.9 Å². The van der Waals surface area contributed by atoms with Crippen LogP contribution in [0.5, 0.6) is 0 Å². The van der Waals surface area contributed by atoms with Gasteiger partial charge in [0.1, 0.15) is 0 Å². The topological polar surface area (TPSA) is 84.4 Å². The number of carbonyl (C=O) groups is 1. The predicted molar refractivity (Wildman–Crippen MR) is 141 cm³/mol. The molecular formula is C28H34N8O. The molecule has 0 bridgehead atoms. The number of aryl methyl sites for hydroxylation is 2. The van der Waals surface area contributed by atoms with E-state index in [0.29, 0.717) is 24.3 Å². The van der Waals surface area contributed by atoms with Crippen LogP contribution in [0, 0.1) is 20.8 Å². The van der Waals surface area contributed by atoms with E-state index >= 15 is 0 Å². The van der Waals surface area contributed by atoms with Gasteiger partial charge < -0.3 is 4.90 Å². The molecule has 1 amide bonds. The molecule has 3 aromatic heterocycles. The lowest BCUT2D eigenvalue weighted by molar-refractivity contribution is -0.133. The maximum absolute atomic E-state index is 13.0. The minimum absolute atomic E-state index is 0.222. The fourth-order valence-electron chi connectivity index (χ4n) is 5.37. The number of rotatable bonds is 7. The summed E-state index contributed by atoms with van der Waals surface area (Å²) >= 11 is 0. The second-order valence-corrected chi connectivity index (χ2v) is 10.4. The van der Waals surface area contributed by atoms with Crippen LogP contribution in [0.2, 0.25) is 0 Å². The molecule has 192 valence electrons. The third kappa shape index (κ3) is 4.87. The van der Waals surface area contributed by atoms with E-state index in [-0.39, 0.29) is 5.91 Å². The van der Waals surface area contributed by atoms with E-state index in [1.165, 1.54) is 24.0 Å². The van der Waals surface area contributed by atoms with Crippen LogP contribution >= 0.6 is 0 Å². The quantitative estimate of drug-likeness (QED) is 0.388. The Morgan fingerprint density at radius 3 is 2.41 bits per heavy atom. The number of carbonyl (C=O) groups excluding carboxylic acids is 1. The lowest BCUT2D eigenvalue weighted by Gasteiger charge is -2.35. The Bertz CT molecular complexity index is 1420. The van der Waals surface area contributed by atoms with Gasteiger partial charge in [0.25, 0.3) is 0 Å². The molecule has 4 aromatic rings. The van der Waals surface area contributed by atoms with E-state index in [4.69, 9.17) is 5.10 Å². The molecule has 9 heteroatoms.